The van der Waals surface area contributed by atoms with Crippen LogP contribution in [0.25, 0.3) is 10.9 Å². The maximum Gasteiger partial charge on any atom is 0.236 e. The average Bonchev–Trinajstić information content (AvgIpc) is 2.97. The molecule has 0 aliphatic rings. The number of thiazole rings is 1. The van der Waals surface area contributed by atoms with Gasteiger partial charge in [-0.3, -0.25) is 4.79 Å². The van der Waals surface area contributed by atoms with Gasteiger partial charge in [0.15, 0.2) is 5.13 Å². The van der Waals surface area contributed by atoms with Gasteiger partial charge in [0.1, 0.15) is 10.8 Å². The molecule has 0 radical (unpaired) electrons. The molecule has 0 unspecified atom stereocenters. The fraction of sp³-hybridized carbons (Fsp3) is 0.235. The third-order valence-electron chi connectivity index (χ3n) is 3.37. The molecule has 3 rings (SSSR count). The average molecular weight is 359 g/mol. The fourth-order valence-corrected chi connectivity index (χ4v) is 3.70. The van der Waals surface area contributed by atoms with Crippen LogP contribution in [0.4, 0.5) is 5.13 Å². The van der Waals surface area contributed by atoms with E-state index in [4.69, 9.17) is 4.74 Å². The summed E-state index contributed by atoms with van der Waals surface area (Å²) in [7, 11) is 1.63. The van der Waals surface area contributed by atoms with Gasteiger partial charge in [0, 0.05) is 16.8 Å². The summed E-state index contributed by atoms with van der Waals surface area (Å²) in [6, 6.07) is 7.88. The maximum atomic E-state index is 12.1. The van der Waals surface area contributed by atoms with Crippen molar-refractivity contribution in [3.63, 3.8) is 0 Å². The fourth-order valence-electron chi connectivity index (χ4n) is 2.21. The Hall–Kier alpha value is -2.12. The minimum absolute atomic E-state index is 0.0821. The number of rotatable bonds is 5. The van der Waals surface area contributed by atoms with E-state index in [2.05, 4.69) is 21.4 Å². The number of hydrogen-bond donors (Lipinski definition) is 1. The highest BCUT2D eigenvalue weighted by Gasteiger charge is 2.10. The summed E-state index contributed by atoms with van der Waals surface area (Å²) >= 11 is 2.85. The van der Waals surface area contributed by atoms with E-state index in [0.29, 0.717) is 10.9 Å². The minimum Gasteiger partial charge on any atom is -0.497 e. The highest BCUT2D eigenvalue weighted by molar-refractivity contribution is 8.00. The van der Waals surface area contributed by atoms with Crippen molar-refractivity contribution in [1.29, 1.82) is 0 Å². The van der Waals surface area contributed by atoms with E-state index in [1.165, 1.54) is 23.1 Å². The summed E-state index contributed by atoms with van der Waals surface area (Å²) in [5.41, 5.74) is 2.82. The molecule has 2 aromatic heterocycles. The van der Waals surface area contributed by atoms with Crippen LogP contribution in [-0.4, -0.2) is 28.7 Å². The lowest BCUT2D eigenvalue weighted by molar-refractivity contribution is -0.113. The summed E-state index contributed by atoms with van der Waals surface area (Å²) in [6.07, 6.45) is 0. The second-order valence-corrected chi connectivity index (χ2v) is 7.12. The van der Waals surface area contributed by atoms with E-state index in [-0.39, 0.29) is 5.91 Å². The standard InChI is InChI=1S/C17H17N3O2S2/c1-10-6-12-4-5-13(22-3)7-14(12)19-16(10)23-9-15(21)20-17-18-11(2)8-24-17/h4-8H,9H2,1-3H3,(H,18,20,21). The summed E-state index contributed by atoms with van der Waals surface area (Å²) in [6.45, 7) is 3.90. The summed E-state index contributed by atoms with van der Waals surface area (Å²) in [4.78, 5) is 20.9. The summed E-state index contributed by atoms with van der Waals surface area (Å²) < 4.78 is 5.24. The predicted molar refractivity (Wildman–Crippen MR) is 99.2 cm³/mol. The van der Waals surface area contributed by atoms with Crippen LogP contribution in [0.2, 0.25) is 0 Å². The largest absolute Gasteiger partial charge is 0.497 e. The molecule has 24 heavy (non-hydrogen) atoms. The van der Waals surface area contributed by atoms with Crippen LogP contribution in [-0.2, 0) is 4.79 Å². The van der Waals surface area contributed by atoms with E-state index in [1.807, 2.05) is 37.4 Å². The first-order chi connectivity index (χ1) is 11.5. The molecule has 0 aliphatic carbocycles. The first kappa shape index (κ1) is 16.7. The van der Waals surface area contributed by atoms with Gasteiger partial charge >= 0.3 is 0 Å². The van der Waals surface area contributed by atoms with Crippen LogP contribution in [0.15, 0.2) is 34.7 Å². The number of fused-ring (bicyclic) bond motifs is 1. The lowest BCUT2D eigenvalue weighted by Gasteiger charge is -2.08. The van der Waals surface area contributed by atoms with Crippen LogP contribution in [0.5, 0.6) is 5.75 Å². The first-order valence-corrected chi connectivity index (χ1v) is 9.22. The molecular weight excluding hydrogens is 342 g/mol. The molecule has 0 aliphatic heterocycles. The van der Waals surface area contributed by atoms with Gasteiger partial charge in [-0.2, -0.15) is 0 Å². The number of methoxy groups -OCH3 is 1. The molecule has 1 N–H and O–H groups in total. The lowest BCUT2D eigenvalue weighted by Crippen LogP contribution is -2.14. The molecule has 0 saturated heterocycles. The van der Waals surface area contributed by atoms with Gasteiger partial charge in [-0.15, -0.1) is 11.3 Å². The molecule has 0 fully saturated rings. The molecule has 7 heteroatoms. The van der Waals surface area contributed by atoms with Crippen LogP contribution < -0.4 is 10.1 Å². The zero-order chi connectivity index (χ0) is 17.1. The normalized spacial score (nSPS) is 10.8. The molecule has 0 spiro atoms. The number of anilines is 1. The second-order valence-electron chi connectivity index (χ2n) is 5.30. The van der Waals surface area contributed by atoms with Gasteiger partial charge in [0.25, 0.3) is 0 Å². The molecule has 0 bridgehead atoms. The van der Waals surface area contributed by atoms with Gasteiger partial charge in [-0.1, -0.05) is 11.8 Å². The molecule has 1 amide bonds. The number of thioether (sulfide) groups is 1. The monoisotopic (exact) mass is 359 g/mol. The molecule has 0 saturated carbocycles. The topological polar surface area (TPSA) is 64.1 Å². The Bertz CT molecular complexity index is 893. The summed E-state index contributed by atoms with van der Waals surface area (Å²) in [5.74, 6) is 0.982. The SMILES string of the molecule is COc1ccc2cc(C)c(SCC(=O)Nc3nc(C)cs3)nc2c1. The number of carbonyl (C=O) groups excluding carboxylic acids is 1. The van der Waals surface area contributed by atoms with Crippen LogP contribution >= 0.6 is 23.1 Å². The Balaban J connectivity index is 1.72. The number of nitrogens with one attached hydrogen (secondary N) is 1. The van der Waals surface area contributed by atoms with Crippen molar-refractivity contribution >= 4 is 45.0 Å². The highest BCUT2D eigenvalue weighted by Crippen LogP contribution is 2.27. The van der Waals surface area contributed by atoms with Gasteiger partial charge in [-0.25, -0.2) is 9.97 Å². The number of ether oxygens (including phenoxy) is 1. The number of aromatic nitrogens is 2. The maximum absolute atomic E-state index is 12.1. The predicted octanol–water partition coefficient (Wildman–Crippen LogP) is 4.05. The Morgan fingerprint density at radius 2 is 2.12 bits per heavy atom. The van der Waals surface area contributed by atoms with Crippen LogP contribution in [0.3, 0.4) is 0 Å². The Labute approximate surface area is 148 Å². The van der Waals surface area contributed by atoms with Crippen LogP contribution in [0, 0.1) is 13.8 Å². The van der Waals surface area contributed by atoms with Gasteiger partial charge < -0.3 is 10.1 Å². The summed E-state index contributed by atoms with van der Waals surface area (Å²) in [5, 5.41) is 7.25. The Morgan fingerprint density at radius 3 is 2.83 bits per heavy atom. The Morgan fingerprint density at radius 1 is 1.29 bits per heavy atom. The highest BCUT2D eigenvalue weighted by atomic mass is 32.2. The third-order valence-corrected chi connectivity index (χ3v) is 5.34. The number of aryl methyl sites for hydroxylation is 2. The molecule has 1 aromatic carbocycles. The number of benzene rings is 1. The van der Waals surface area contributed by atoms with Crippen molar-refractivity contribution in [2.24, 2.45) is 0 Å². The molecule has 5 nitrogen and oxygen atoms in total. The lowest BCUT2D eigenvalue weighted by atomic mass is 10.2. The van der Waals surface area contributed by atoms with Gasteiger partial charge in [0.2, 0.25) is 5.91 Å². The van der Waals surface area contributed by atoms with E-state index in [0.717, 1.165) is 32.9 Å². The quantitative estimate of drug-likeness (QED) is 0.696. The third kappa shape index (κ3) is 3.85. The molecule has 0 atom stereocenters. The number of nitrogens with zero attached hydrogens (tertiary/aromatic N) is 2. The van der Waals surface area contributed by atoms with E-state index in [9.17, 15) is 4.79 Å². The van der Waals surface area contributed by atoms with Crippen molar-refractivity contribution in [3.05, 3.63) is 40.9 Å². The number of amides is 1. The minimum atomic E-state index is -0.0821. The van der Waals surface area contributed by atoms with E-state index >= 15 is 0 Å². The first-order valence-electron chi connectivity index (χ1n) is 7.35. The van der Waals surface area contributed by atoms with Crippen molar-refractivity contribution in [3.8, 4) is 5.75 Å². The molecular formula is C17H17N3O2S2. The number of hydrogen-bond acceptors (Lipinski definition) is 6. The van der Waals surface area contributed by atoms with Crippen LogP contribution in [0.1, 0.15) is 11.3 Å². The smallest absolute Gasteiger partial charge is 0.236 e. The number of carbonyl (C=O) groups is 1. The van der Waals surface area contributed by atoms with E-state index < -0.39 is 0 Å². The molecule has 2 heterocycles. The zero-order valence-corrected chi connectivity index (χ0v) is 15.3. The van der Waals surface area contributed by atoms with Crippen molar-refractivity contribution in [2.75, 3.05) is 18.2 Å². The van der Waals surface area contributed by atoms with Crippen molar-refractivity contribution in [1.82, 2.24) is 9.97 Å². The Kier molecular flexibility index (Phi) is 5.01. The molecule has 124 valence electrons. The second kappa shape index (κ2) is 7.19. The van der Waals surface area contributed by atoms with Gasteiger partial charge in [-0.05, 0) is 37.6 Å². The zero-order valence-electron chi connectivity index (χ0n) is 13.6. The van der Waals surface area contributed by atoms with Gasteiger partial charge in [0.05, 0.1) is 24.1 Å². The van der Waals surface area contributed by atoms with E-state index in [1.54, 1.807) is 7.11 Å². The number of pyridine rings is 1. The van der Waals surface area contributed by atoms with Crippen molar-refractivity contribution < 1.29 is 9.53 Å². The van der Waals surface area contributed by atoms with Crippen molar-refractivity contribution in [2.45, 2.75) is 18.9 Å². The molecule has 3 aromatic rings.